The van der Waals surface area contributed by atoms with E-state index >= 15 is 0 Å². The monoisotopic (exact) mass is 399 g/mol. The normalized spacial score (nSPS) is 13.4. The Bertz CT molecular complexity index is 1180. The summed E-state index contributed by atoms with van der Waals surface area (Å²) in [5, 5.41) is 16.4. The van der Waals surface area contributed by atoms with Crippen LogP contribution in [0.3, 0.4) is 0 Å². The van der Waals surface area contributed by atoms with Crippen LogP contribution >= 0.6 is 0 Å². The van der Waals surface area contributed by atoms with Crippen molar-refractivity contribution in [2.75, 3.05) is 17.3 Å². The summed E-state index contributed by atoms with van der Waals surface area (Å²) < 4.78 is 1.84. The fourth-order valence-corrected chi connectivity index (χ4v) is 3.33. The number of aromatic nitrogens is 5. The molecule has 3 aromatic heterocycles. The predicted octanol–water partition coefficient (Wildman–Crippen LogP) is 3.29. The molecule has 8 heteroatoms. The second-order valence-corrected chi connectivity index (χ2v) is 7.44. The first-order valence-corrected chi connectivity index (χ1v) is 9.92. The van der Waals surface area contributed by atoms with Gasteiger partial charge >= 0.3 is 0 Å². The van der Waals surface area contributed by atoms with E-state index in [0.29, 0.717) is 18.0 Å². The first-order valence-electron chi connectivity index (χ1n) is 9.92. The molecule has 0 radical (unpaired) electrons. The van der Waals surface area contributed by atoms with E-state index in [-0.39, 0.29) is 5.91 Å². The molecule has 0 unspecified atom stereocenters. The summed E-state index contributed by atoms with van der Waals surface area (Å²) in [4.78, 5) is 18.2. The van der Waals surface area contributed by atoms with Crippen molar-refractivity contribution in [2.24, 2.45) is 0 Å². The molecular weight excluding hydrogens is 378 g/mol. The molecule has 8 nitrogen and oxygen atoms in total. The predicted molar refractivity (Wildman–Crippen MR) is 113 cm³/mol. The third kappa shape index (κ3) is 3.59. The van der Waals surface area contributed by atoms with E-state index in [1.807, 2.05) is 40.9 Å². The van der Waals surface area contributed by atoms with Gasteiger partial charge in [0.15, 0.2) is 11.5 Å². The minimum Gasteiger partial charge on any atom is -0.365 e. The fourth-order valence-electron chi connectivity index (χ4n) is 3.33. The number of nitrogens with one attached hydrogen (secondary N) is 1. The van der Waals surface area contributed by atoms with Crippen molar-refractivity contribution < 1.29 is 4.79 Å². The number of anilines is 2. The quantitative estimate of drug-likeness (QED) is 0.535. The summed E-state index contributed by atoms with van der Waals surface area (Å²) in [7, 11) is 1.77. The largest absolute Gasteiger partial charge is 0.365 e. The molecule has 0 aliphatic heterocycles. The first-order chi connectivity index (χ1) is 14.7. The Morgan fingerprint density at radius 3 is 2.57 bits per heavy atom. The zero-order chi connectivity index (χ0) is 20.5. The van der Waals surface area contributed by atoms with Crippen LogP contribution in [-0.2, 0) is 6.54 Å². The maximum absolute atomic E-state index is 12.6. The number of amides is 1. The molecule has 1 amide bonds. The number of benzene rings is 1. The standard InChI is InChI=1S/C22H21N7O/c1-28(22(30)17-10-12-23-13-11-17)18-6-2-15(3-7-18)14-24-19-8-9-20-25-26-21(16-4-5-16)29(20)27-19/h2-3,6-13,16H,4-5,14H2,1H3,(H,24,27). The number of carbonyl (C=O) groups excluding carboxylic acids is 1. The average Bonchev–Trinajstić information content (AvgIpc) is 3.56. The van der Waals surface area contributed by atoms with Crippen LogP contribution in [0.15, 0.2) is 60.9 Å². The molecule has 30 heavy (non-hydrogen) atoms. The minimum atomic E-state index is -0.0683. The zero-order valence-electron chi connectivity index (χ0n) is 16.6. The van der Waals surface area contributed by atoms with Crippen molar-refractivity contribution >= 4 is 23.1 Å². The summed E-state index contributed by atoms with van der Waals surface area (Å²) in [6, 6.07) is 15.2. The van der Waals surface area contributed by atoms with E-state index in [2.05, 4.69) is 25.6 Å². The van der Waals surface area contributed by atoms with E-state index < -0.39 is 0 Å². The summed E-state index contributed by atoms with van der Waals surface area (Å²) in [6.45, 7) is 0.627. The van der Waals surface area contributed by atoms with Gasteiger partial charge in [-0.1, -0.05) is 12.1 Å². The fraction of sp³-hybridized carbons (Fsp3) is 0.227. The first kappa shape index (κ1) is 18.2. The number of hydrogen-bond acceptors (Lipinski definition) is 6. The summed E-state index contributed by atoms with van der Waals surface area (Å²) in [5.74, 6) is 2.14. The van der Waals surface area contributed by atoms with E-state index in [4.69, 9.17) is 0 Å². The third-order valence-electron chi connectivity index (χ3n) is 5.26. The molecular formula is C22H21N7O. The van der Waals surface area contributed by atoms with Gasteiger partial charge in [0.1, 0.15) is 5.82 Å². The molecule has 0 saturated heterocycles. The van der Waals surface area contributed by atoms with Crippen LogP contribution in [0.25, 0.3) is 5.65 Å². The van der Waals surface area contributed by atoms with Gasteiger partial charge in [-0.25, -0.2) is 0 Å². The summed E-state index contributed by atoms with van der Waals surface area (Å²) in [6.07, 6.45) is 5.55. The lowest BCUT2D eigenvalue weighted by Gasteiger charge is -2.18. The maximum Gasteiger partial charge on any atom is 0.258 e. The molecule has 0 atom stereocenters. The molecule has 1 aliphatic carbocycles. The van der Waals surface area contributed by atoms with Crippen LogP contribution in [0, 0.1) is 0 Å². The lowest BCUT2D eigenvalue weighted by molar-refractivity contribution is 0.0993. The molecule has 1 saturated carbocycles. The van der Waals surface area contributed by atoms with Crippen molar-refractivity contribution in [2.45, 2.75) is 25.3 Å². The molecule has 4 aromatic rings. The lowest BCUT2D eigenvalue weighted by atomic mass is 10.1. The Morgan fingerprint density at radius 1 is 1.07 bits per heavy atom. The second-order valence-electron chi connectivity index (χ2n) is 7.44. The van der Waals surface area contributed by atoms with Crippen molar-refractivity contribution in [1.82, 2.24) is 24.8 Å². The highest BCUT2D eigenvalue weighted by atomic mass is 16.2. The molecule has 0 spiro atoms. The molecule has 3 heterocycles. The minimum absolute atomic E-state index is 0.0683. The second kappa shape index (κ2) is 7.55. The van der Waals surface area contributed by atoms with E-state index in [1.165, 1.54) is 0 Å². The molecule has 1 aliphatic rings. The van der Waals surface area contributed by atoms with Crippen LogP contribution in [0.1, 0.15) is 40.5 Å². The third-order valence-corrected chi connectivity index (χ3v) is 5.26. The van der Waals surface area contributed by atoms with Crippen LogP contribution < -0.4 is 10.2 Å². The summed E-state index contributed by atoms with van der Waals surface area (Å²) in [5.41, 5.74) is 3.31. The molecule has 1 N–H and O–H groups in total. The number of fused-ring (bicyclic) bond motifs is 1. The zero-order valence-corrected chi connectivity index (χ0v) is 16.6. The Balaban J connectivity index is 1.26. The molecule has 150 valence electrons. The Hall–Kier alpha value is -3.81. The van der Waals surface area contributed by atoms with E-state index in [1.54, 1.807) is 36.5 Å². The van der Waals surface area contributed by atoms with Gasteiger partial charge in [0.25, 0.3) is 5.91 Å². The number of rotatable bonds is 6. The van der Waals surface area contributed by atoms with Crippen LogP contribution in [-0.4, -0.2) is 37.8 Å². The highest BCUT2D eigenvalue weighted by molar-refractivity contribution is 6.05. The SMILES string of the molecule is CN(C(=O)c1ccncc1)c1ccc(CNc2ccc3nnc(C4CC4)n3n2)cc1. The van der Waals surface area contributed by atoms with Gasteiger partial charge in [-0.2, -0.15) is 4.52 Å². The Labute approximate surface area is 173 Å². The van der Waals surface area contributed by atoms with Gasteiger partial charge in [0.2, 0.25) is 0 Å². The van der Waals surface area contributed by atoms with Crippen molar-refractivity contribution in [3.8, 4) is 0 Å². The van der Waals surface area contributed by atoms with Crippen LogP contribution in [0.2, 0.25) is 0 Å². The van der Waals surface area contributed by atoms with Crippen LogP contribution in [0.4, 0.5) is 11.5 Å². The van der Waals surface area contributed by atoms with Gasteiger partial charge in [0.05, 0.1) is 0 Å². The lowest BCUT2D eigenvalue weighted by Crippen LogP contribution is -2.26. The van der Waals surface area contributed by atoms with Crippen molar-refractivity contribution in [1.29, 1.82) is 0 Å². The topological polar surface area (TPSA) is 88.3 Å². The van der Waals surface area contributed by atoms with Gasteiger partial charge in [-0.05, 0) is 54.8 Å². The molecule has 0 bridgehead atoms. The van der Waals surface area contributed by atoms with Gasteiger partial charge < -0.3 is 10.2 Å². The van der Waals surface area contributed by atoms with Gasteiger partial charge in [-0.15, -0.1) is 15.3 Å². The molecule has 1 aromatic carbocycles. The highest BCUT2D eigenvalue weighted by Crippen LogP contribution is 2.38. The van der Waals surface area contributed by atoms with E-state index in [9.17, 15) is 4.79 Å². The Kier molecular flexibility index (Phi) is 4.59. The van der Waals surface area contributed by atoms with Crippen molar-refractivity contribution in [3.05, 3.63) is 77.9 Å². The van der Waals surface area contributed by atoms with Gasteiger partial charge in [-0.3, -0.25) is 9.78 Å². The van der Waals surface area contributed by atoms with Crippen molar-refractivity contribution in [3.63, 3.8) is 0 Å². The maximum atomic E-state index is 12.6. The smallest absolute Gasteiger partial charge is 0.258 e. The molecule has 5 rings (SSSR count). The van der Waals surface area contributed by atoms with Crippen LogP contribution in [0.5, 0.6) is 0 Å². The number of hydrogen-bond donors (Lipinski definition) is 1. The molecule has 1 fully saturated rings. The highest BCUT2D eigenvalue weighted by Gasteiger charge is 2.29. The summed E-state index contributed by atoms with van der Waals surface area (Å²) >= 11 is 0. The van der Waals surface area contributed by atoms with Gasteiger partial charge in [0, 0.05) is 43.2 Å². The van der Waals surface area contributed by atoms with E-state index in [0.717, 1.165) is 41.4 Å². The average molecular weight is 399 g/mol. The Morgan fingerprint density at radius 2 is 1.83 bits per heavy atom. The number of carbonyl (C=O) groups is 1. The number of nitrogens with zero attached hydrogens (tertiary/aromatic N) is 6. The number of pyridine rings is 1.